The number of hydrogen-bond acceptors (Lipinski definition) is 7. The van der Waals surface area contributed by atoms with Crippen molar-refractivity contribution in [3.05, 3.63) is 39.8 Å². The molecule has 8 nitrogen and oxygen atoms in total. The van der Waals surface area contributed by atoms with Gasteiger partial charge in [0.1, 0.15) is 5.69 Å². The van der Waals surface area contributed by atoms with Gasteiger partial charge in [0.2, 0.25) is 5.89 Å². The first-order valence-corrected chi connectivity index (χ1v) is 7.96. The van der Waals surface area contributed by atoms with Gasteiger partial charge in [-0.3, -0.25) is 10.1 Å². The molecule has 1 aliphatic rings. The molecule has 128 valence electrons. The van der Waals surface area contributed by atoms with Crippen LogP contribution in [-0.2, 0) is 0 Å². The molecule has 2 heterocycles. The van der Waals surface area contributed by atoms with Crippen molar-refractivity contribution in [2.45, 2.75) is 25.7 Å². The Morgan fingerprint density at radius 1 is 1.33 bits per heavy atom. The number of nitrogens with zero attached hydrogens (tertiary/aromatic N) is 5. The van der Waals surface area contributed by atoms with Gasteiger partial charge in [0, 0.05) is 39.2 Å². The van der Waals surface area contributed by atoms with Crippen LogP contribution >= 0.6 is 0 Å². The largest absolute Gasteiger partial charge is 0.366 e. The first-order chi connectivity index (χ1) is 11.5. The minimum Gasteiger partial charge on any atom is -0.366 e. The minimum atomic E-state index is -0.310. The van der Waals surface area contributed by atoms with Gasteiger partial charge in [0.15, 0.2) is 0 Å². The van der Waals surface area contributed by atoms with E-state index in [4.69, 9.17) is 4.52 Å². The highest BCUT2D eigenvalue weighted by atomic mass is 16.6. The van der Waals surface area contributed by atoms with Gasteiger partial charge in [-0.15, -0.1) is 0 Å². The van der Waals surface area contributed by atoms with E-state index in [0.29, 0.717) is 17.5 Å². The van der Waals surface area contributed by atoms with Crippen LogP contribution in [0.15, 0.2) is 22.7 Å². The fourth-order valence-electron chi connectivity index (χ4n) is 2.99. The van der Waals surface area contributed by atoms with Gasteiger partial charge in [0.25, 0.3) is 11.6 Å². The molecule has 0 atom stereocenters. The first kappa shape index (κ1) is 16.2. The molecule has 0 radical (unpaired) electrons. The predicted octanol–water partition coefficient (Wildman–Crippen LogP) is 2.74. The zero-order chi connectivity index (χ0) is 17.3. The van der Waals surface area contributed by atoms with Crippen molar-refractivity contribution in [2.75, 3.05) is 37.0 Å². The van der Waals surface area contributed by atoms with Gasteiger partial charge in [-0.2, -0.15) is 4.98 Å². The average Bonchev–Trinajstić information content (AvgIpc) is 3.05. The molecular formula is C16H21N5O3. The highest BCUT2D eigenvalue weighted by molar-refractivity contribution is 5.64. The summed E-state index contributed by atoms with van der Waals surface area (Å²) >= 11 is 0. The Morgan fingerprint density at radius 3 is 2.62 bits per heavy atom. The SMILES string of the molecule is Cc1ccc(N2CCC(c3nc(N(C)C)no3)CC2)c([N+](=O)[O-])c1. The number of aryl methyl sites for hydroxylation is 1. The number of rotatable bonds is 4. The Morgan fingerprint density at radius 2 is 2.04 bits per heavy atom. The lowest BCUT2D eigenvalue weighted by Crippen LogP contribution is -2.33. The lowest BCUT2D eigenvalue weighted by atomic mass is 9.96. The second-order valence-corrected chi connectivity index (χ2v) is 6.34. The van der Waals surface area contributed by atoms with Crippen molar-refractivity contribution in [3.8, 4) is 0 Å². The summed E-state index contributed by atoms with van der Waals surface area (Å²) in [5.41, 5.74) is 1.74. The van der Waals surface area contributed by atoms with Crippen LogP contribution < -0.4 is 9.80 Å². The topological polar surface area (TPSA) is 88.5 Å². The highest BCUT2D eigenvalue weighted by Crippen LogP contribution is 2.34. The maximum Gasteiger partial charge on any atom is 0.292 e. The standard InChI is InChI=1S/C16H21N5O3/c1-11-4-5-13(14(10-11)21(22)23)20-8-6-12(7-9-20)15-17-16(18-24-15)19(2)3/h4-5,10,12H,6-9H2,1-3H3. The number of aromatic nitrogens is 2. The van der Waals surface area contributed by atoms with E-state index in [2.05, 4.69) is 15.0 Å². The summed E-state index contributed by atoms with van der Waals surface area (Å²) in [5, 5.41) is 15.3. The predicted molar refractivity (Wildman–Crippen MR) is 90.6 cm³/mol. The Kier molecular flexibility index (Phi) is 4.37. The smallest absolute Gasteiger partial charge is 0.292 e. The lowest BCUT2D eigenvalue weighted by molar-refractivity contribution is -0.384. The van der Waals surface area contributed by atoms with Gasteiger partial charge in [-0.25, -0.2) is 0 Å². The number of hydrogen-bond donors (Lipinski definition) is 0. The summed E-state index contributed by atoms with van der Waals surface area (Å²) in [6.07, 6.45) is 1.67. The van der Waals surface area contributed by atoms with Crippen molar-refractivity contribution < 1.29 is 9.45 Å². The molecule has 1 aromatic carbocycles. The van der Waals surface area contributed by atoms with E-state index >= 15 is 0 Å². The summed E-state index contributed by atoms with van der Waals surface area (Å²) in [7, 11) is 3.74. The van der Waals surface area contributed by atoms with Crippen LogP contribution in [0.5, 0.6) is 0 Å². The summed E-state index contributed by atoms with van der Waals surface area (Å²) in [5.74, 6) is 1.42. The van der Waals surface area contributed by atoms with Crippen LogP contribution in [0.2, 0.25) is 0 Å². The maximum atomic E-state index is 11.3. The second-order valence-electron chi connectivity index (χ2n) is 6.34. The molecule has 1 fully saturated rings. The molecule has 3 rings (SSSR count). The molecule has 0 aliphatic carbocycles. The first-order valence-electron chi connectivity index (χ1n) is 7.96. The number of nitro benzene ring substituents is 1. The van der Waals surface area contributed by atoms with E-state index in [1.165, 1.54) is 0 Å². The van der Waals surface area contributed by atoms with E-state index in [1.54, 1.807) is 11.0 Å². The molecule has 0 bridgehead atoms. The Hall–Kier alpha value is -2.64. The van der Waals surface area contributed by atoms with Gasteiger partial charge in [-0.05, 0) is 36.6 Å². The summed E-state index contributed by atoms with van der Waals surface area (Å²) in [4.78, 5) is 19.3. The van der Waals surface area contributed by atoms with Crippen molar-refractivity contribution in [3.63, 3.8) is 0 Å². The van der Waals surface area contributed by atoms with Crippen molar-refractivity contribution in [2.24, 2.45) is 0 Å². The van der Waals surface area contributed by atoms with E-state index in [1.807, 2.05) is 33.2 Å². The van der Waals surface area contributed by atoms with Crippen molar-refractivity contribution in [1.82, 2.24) is 10.1 Å². The Bertz CT molecular complexity index is 735. The summed E-state index contributed by atoms with van der Waals surface area (Å²) < 4.78 is 5.35. The molecule has 8 heteroatoms. The van der Waals surface area contributed by atoms with Crippen molar-refractivity contribution in [1.29, 1.82) is 0 Å². The van der Waals surface area contributed by atoms with Crippen LogP contribution in [0.1, 0.15) is 30.2 Å². The molecule has 0 amide bonds. The van der Waals surface area contributed by atoms with Gasteiger partial charge >= 0.3 is 0 Å². The zero-order valence-electron chi connectivity index (χ0n) is 14.1. The van der Waals surface area contributed by atoms with Crippen LogP contribution in [0, 0.1) is 17.0 Å². The number of nitro groups is 1. The number of piperidine rings is 1. The molecule has 0 saturated carbocycles. The van der Waals surface area contributed by atoms with Crippen LogP contribution in [0.25, 0.3) is 0 Å². The third-order valence-electron chi connectivity index (χ3n) is 4.34. The molecule has 0 N–H and O–H groups in total. The van der Waals surface area contributed by atoms with Crippen molar-refractivity contribution >= 4 is 17.3 Å². The lowest BCUT2D eigenvalue weighted by Gasteiger charge is -2.31. The van der Waals surface area contributed by atoms with E-state index in [0.717, 1.165) is 31.5 Å². The van der Waals surface area contributed by atoms with Crippen LogP contribution in [-0.4, -0.2) is 42.2 Å². The quantitative estimate of drug-likeness (QED) is 0.628. The van der Waals surface area contributed by atoms with Gasteiger partial charge < -0.3 is 14.3 Å². The fourth-order valence-corrected chi connectivity index (χ4v) is 2.99. The zero-order valence-corrected chi connectivity index (χ0v) is 14.1. The van der Waals surface area contributed by atoms with Gasteiger partial charge in [-0.1, -0.05) is 6.07 Å². The van der Waals surface area contributed by atoms with Crippen LogP contribution in [0.3, 0.4) is 0 Å². The molecule has 1 aliphatic heterocycles. The Labute approximate surface area is 140 Å². The van der Waals surface area contributed by atoms with Crippen LogP contribution in [0.4, 0.5) is 17.3 Å². The van der Waals surface area contributed by atoms with Gasteiger partial charge in [0.05, 0.1) is 4.92 Å². The summed E-state index contributed by atoms with van der Waals surface area (Å²) in [6, 6.07) is 5.38. The Balaban J connectivity index is 1.72. The minimum absolute atomic E-state index is 0.168. The normalized spacial score (nSPS) is 15.5. The van der Waals surface area contributed by atoms with E-state index < -0.39 is 0 Å². The molecule has 2 aromatic rings. The third kappa shape index (κ3) is 3.17. The summed E-state index contributed by atoms with van der Waals surface area (Å²) in [6.45, 7) is 3.32. The molecular weight excluding hydrogens is 310 g/mol. The maximum absolute atomic E-state index is 11.3. The monoisotopic (exact) mass is 331 g/mol. The van der Waals surface area contributed by atoms with E-state index in [-0.39, 0.29) is 16.5 Å². The molecule has 1 saturated heterocycles. The highest BCUT2D eigenvalue weighted by Gasteiger charge is 2.28. The second kappa shape index (κ2) is 6.46. The molecule has 24 heavy (non-hydrogen) atoms. The van der Waals surface area contributed by atoms with E-state index in [9.17, 15) is 10.1 Å². The number of anilines is 2. The molecule has 0 spiro atoms. The molecule has 1 aromatic heterocycles. The molecule has 0 unspecified atom stereocenters. The third-order valence-corrected chi connectivity index (χ3v) is 4.34. The number of benzene rings is 1. The fraction of sp³-hybridized carbons (Fsp3) is 0.500. The average molecular weight is 331 g/mol.